The second-order valence-electron chi connectivity index (χ2n) is 4.97. The molecule has 88 valence electrons. The van der Waals surface area contributed by atoms with Crippen molar-refractivity contribution in [3.8, 4) is 0 Å². The molecule has 1 aliphatic heterocycles. The van der Waals surface area contributed by atoms with Gasteiger partial charge in [-0.1, -0.05) is 6.42 Å². The van der Waals surface area contributed by atoms with Crippen LogP contribution in [-0.2, 0) is 4.74 Å². The van der Waals surface area contributed by atoms with Gasteiger partial charge in [-0.15, -0.1) is 0 Å². The first-order valence-corrected chi connectivity index (χ1v) is 6.35. The third-order valence-electron chi connectivity index (χ3n) is 3.95. The second-order valence-corrected chi connectivity index (χ2v) is 4.97. The van der Waals surface area contributed by atoms with Crippen molar-refractivity contribution in [3.05, 3.63) is 0 Å². The van der Waals surface area contributed by atoms with Crippen molar-refractivity contribution >= 4 is 0 Å². The van der Waals surface area contributed by atoms with Crippen LogP contribution in [0.2, 0.25) is 0 Å². The Labute approximate surface area is 93.2 Å². The van der Waals surface area contributed by atoms with Crippen molar-refractivity contribution in [1.82, 2.24) is 10.2 Å². The minimum Gasteiger partial charge on any atom is -0.379 e. The molecule has 2 fully saturated rings. The predicted molar refractivity (Wildman–Crippen MR) is 62.1 cm³/mol. The fraction of sp³-hybridized carbons (Fsp3) is 1.00. The van der Waals surface area contributed by atoms with Crippen molar-refractivity contribution < 1.29 is 4.74 Å². The average Bonchev–Trinajstić information content (AvgIpc) is 2.23. The number of nitrogens with one attached hydrogen (secondary N) is 1. The summed E-state index contributed by atoms with van der Waals surface area (Å²) in [6.45, 7) is 8.65. The molecule has 15 heavy (non-hydrogen) atoms. The lowest BCUT2D eigenvalue weighted by atomic mass is 9.92. The Morgan fingerprint density at radius 2 is 1.87 bits per heavy atom. The van der Waals surface area contributed by atoms with E-state index in [1.165, 1.54) is 19.3 Å². The van der Waals surface area contributed by atoms with Gasteiger partial charge in [-0.3, -0.25) is 4.90 Å². The highest BCUT2D eigenvalue weighted by atomic mass is 16.5. The molecule has 2 unspecified atom stereocenters. The van der Waals surface area contributed by atoms with Gasteiger partial charge in [0.15, 0.2) is 0 Å². The highest BCUT2D eigenvalue weighted by molar-refractivity contribution is 4.85. The quantitative estimate of drug-likeness (QED) is 0.759. The van der Waals surface area contributed by atoms with Gasteiger partial charge in [0.1, 0.15) is 0 Å². The largest absolute Gasteiger partial charge is 0.379 e. The van der Waals surface area contributed by atoms with Gasteiger partial charge < -0.3 is 10.1 Å². The van der Waals surface area contributed by atoms with E-state index < -0.39 is 0 Å². The first kappa shape index (κ1) is 11.4. The third-order valence-corrected chi connectivity index (χ3v) is 3.95. The van der Waals surface area contributed by atoms with Crippen LogP contribution < -0.4 is 5.32 Å². The highest BCUT2D eigenvalue weighted by Crippen LogP contribution is 2.19. The van der Waals surface area contributed by atoms with E-state index in [-0.39, 0.29) is 0 Å². The molecule has 0 aromatic rings. The van der Waals surface area contributed by atoms with E-state index in [9.17, 15) is 0 Å². The summed E-state index contributed by atoms with van der Waals surface area (Å²) in [6, 6.07) is 2.03. The number of rotatable bonds is 4. The Kier molecular flexibility index (Phi) is 4.00. The van der Waals surface area contributed by atoms with Crippen LogP contribution in [0.3, 0.4) is 0 Å². The highest BCUT2D eigenvalue weighted by Gasteiger charge is 2.25. The zero-order chi connectivity index (χ0) is 10.7. The second kappa shape index (κ2) is 5.28. The van der Waals surface area contributed by atoms with Crippen molar-refractivity contribution in [3.63, 3.8) is 0 Å². The van der Waals surface area contributed by atoms with Crippen LogP contribution in [-0.4, -0.2) is 49.3 Å². The van der Waals surface area contributed by atoms with Crippen LogP contribution in [0.4, 0.5) is 0 Å². The molecule has 0 aromatic carbocycles. The Bertz CT molecular complexity index is 188. The van der Waals surface area contributed by atoms with E-state index in [1.807, 2.05) is 0 Å². The molecule has 0 aromatic heterocycles. The fourth-order valence-corrected chi connectivity index (χ4v) is 2.39. The molecule has 2 atom stereocenters. The molecule has 1 heterocycles. The Hall–Kier alpha value is -0.120. The summed E-state index contributed by atoms with van der Waals surface area (Å²) in [7, 11) is 0. The zero-order valence-electron chi connectivity index (χ0n) is 10.0. The standard InChI is InChI=1S/C12H24N2O/c1-10(13-12-4-3-5-12)11(2)14-6-8-15-9-7-14/h10-13H,3-9H2,1-2H3. The molecule has 3 heteroatoms. The molecule has 0 bridgehead atoms. The van der Waals surface area contributed by atoms with E-state index in [0.29, 0.717) is 12.1 Å². The number of hydrogen-bond acceptors (Lipinski definition) is 3. The average molecular weight is 212 g/mol. The first-order chi connectivity index (χ1) is 7.27. The van der Waals surface area contributed by atoms with Gasteiger partial charge in [0.25, 0.3) is 0 Å². The van der Waals surface area contributed by atoms with Crippen LogP contribution >= 0.6 is 0 Å². The molecule has 1 saturated heterocycles. The Morgan fingerprint density at radius 1 is 1.20 bits per heavy atom. The van der Waals surface area contributed by atoms with E-state index >= 15 is 0 Å². The van der Waals surface area contributed by atoms with Gasteiger partial charge in [0.05, 0.1) is 13.2 Å². The number of nitrogens with zero attached hydrogens (tertiary/aromatic N) is 1. The van der Waals surface area contributed by atoms with Gasteiger partial charge >= 0.3 is 0 Å². The smallest absolute Gasteiger partial charge is 0.0594 e. The Balaban J connectivity index is 1.74. The summed E-state index contributed by atoms with van der Waals surface area (Å²) >= 11 is 0. The topological polar surface area (TPSA) is 24.5 Å². The molecule has 1 aliphatic carbocycles. The van der Waals surface area contributed by atoms with E-state index in [2.05, 4.69) is 24.1 Å². The molecule has 0 radical (unpaired) electrons. The number of ether oxygens (including phenoxy) is 1. The Morgan fingerprint density at radius 3 is 2.40 bits per heavy atom. The maximum Gasteiger partial charge on any atom is 0.0594 e. The minimum atomic E-state index is 0.605. The maximum atomic E-state index is 5.38. The zero-order valence-corrected chi connectivity index (χ0v) is 10.0. The van der Waals surface area contributed by atoms with Gasteiger partial charge in [-0.25, -0.2) is 0 Å². The lowest BCUT2D eigenvalue weighted by Gasteiger charge is -2.39. The summed E-state index contributed by atoms with van der Waals surface area (Å²) in [5.74, 6) is 0. The van der Waals surface area contributed by atoms with Crippen LogP contribution in [0, 0.1) is 0 Å². The third kappa shape index (κ3) is 2.92. The van der Waals surface area contributed by atoms with Gasteiger partial charge in [-0.05, 0) is 26.7 Å². The molecule has 1 saturated carbocycles. The van der Waals surface area contributed by atoms with Crippen LogP contribution in [0.25, 0.3) is 0 Å². The van der Waals surface area contributed by atoms with Crippen LogP contribution in [0.5, 0.6) is 0 Å². The predicted octanol–water partition coefficient (Wildman–Crippen LogP) is 1.24. The van der Waals surface area contributed by atoms with Gasteiger partial charge in [0, 0.05) is 31.2 Å². The maximum absolute atomic E-state index is 5.38. The van der Waals surface area contributed by atoms with Crippen molar-refractivity contribution in [2.45, 2.75) is 51.2 Å². The molecule has 3 nitrogen and oxygen atoms in total. The molecule has 2 aliphatic rings. The normalized spacial score (nSPS) is 28.4. The van der Waals surface area contributed by atoms with Crippen LogP contribution in [0.15, 0.2) is 0 Å². The van der Waals surface area contributed by atoms with Gasteiger partial charge in [-0.2, -0.15) is 0 Å². The van der Waals surface area contributed by atoms with Crippen molar-refractivity contribution in [2.24, 2.45) is 0 Å². The lowest BCUT2D eigenvalue weighted by Crippen LogP contribution is -2.54. The van der Waals surface area contributed by atoms with Crippen molar-refractivity contribution in [2.75, 3.05) is 26.3 Å². The first-order valence-electron chi connectivity index (χ1n) is 6.35. The van der Waals surface area contributed by atoms with Crippen molar-refractivity contribution in [1.29, 1.82) is 0 Å². The molecule has 0 spiro atoms. The fourth-order valence-electron chi connectivity index (χ4n) is 2.39. The van der Waals surface area contributed by atoms with E-state index in [4.69, 9.17) is 4.74 Å². The molecule has 2 rings (SSSR count). The molecule has 1 N–H and O–H groups in total. The SMILES string of the molecule is CC(NC1CCC1)C(C)N1CCOCC1. The summed E-state index contributed by atoms with van der Waals surface area (Å²) in [5, 5.41) is 3.73. The van der Waals surface area contributed by atoms with Gasteiger partial charge in [0.2, 0.25) is 0 Å². The summed E-state index contributed by atoms with van der Waals surface area (Å²) in [5.41, 5.74) is 0. The number of hydrogen-bond donors (Lipinski definition) is 1. The number of morpholine rings is 1. The monoisotopic (exact) mass is 212 g/mol. The summed E-state index contributed by atoms with van der Waals surface area (Å²) < 4.78 is 5.38. The summed E-state index contributed by atoms with van der Waals surface area (Å²) in [6.07, 6.45) is 4.16. The summed E-state index contributed by atoms with van der Waals surface area (Å²) in [4.78, 5) is 2.54. The minimum absolute atomic E-state index is 0.605. The molecular formula is C12H24N2O. The van der Waals surface area contributed by atoms with Crippen LogP contribution in [0.1, 0.15) is 33.1 Å². The molecule has 0 amide bonds. The lowest BCUT2D eigenvalue weighted by molar-refractivity contribution is 0.0119. The molecular weight excluding hydrogens is 188 g/mol. The van der Waals surface area contributed by atoms with E-state index in [0.717, 1.165) is 32.3 Å². The van der Waals surface area contributed by atoms with E-state index in [1.54, 1.807) is 0 Å².